The van der Waals surface area contributed by atoms with Gasteiger partial charge in [-0.1, -0.05) is 23.3 Å². The Bertz CT molecular complexity index is 1560. The molecule has 0 aromatic heterocycles. The Kier molecular flexibility index (Phi) is 237. The summed E-state index contributed by atoms with van der Waals surface area (Å²) in [6.07, 6.45) is 0. The van der Waals surface area contributed by atoms with Gasteiger partial charge in [-0.25, -0.2) is 0 Å². The van der Waals surface area contributed by atoms with Crippen LogP contribution in [-0.2, 0) is 0 Å². The van der Waals surface area contributed by atoms with Crippen molar-refractivity contribution in [2.45, 2.75) is 0 Å². The fourth-order valence-corrected chi connectivity index (χ4v) is 350. The second-order valence-corrected chi connectivity index (χ2v) is 237. The molecule has 0 aromatic rings. The van der Waals surface area contributed by atoms with E-state index >= 15 is 0 Å². The Morgan fingerprint density at radius 2 is 0.0611 bits per heavy atom. The molecule has 0 atom stereocenters. The first-order valence-electron chi connectivity index (χ1n) is 21.7. The summed E-state index contributed by atoms with van der Waals surface area (Å²) < 4.78 is 0. The smallest absolute Gasteiger partial charge is 0 e. The molecule has 0 N–H and O–H groups in total. The lowest BCUT2D eigenvalue weighted by molar-refractivity contribution is 5.59. The molecular weight excluding hydrogens is 4200 g/mol. The summed E-state index contributed by atoms with van der Waals surface area (Å²) in [7, 11) is 235. The summed E-state index contributed by atoms with van der Waals surface area (Å²) in [5.74, 6) is 0. The van der Waals surface area contributed by atoms with Gasteiger partial charge in [0.1, 0.15) is 0 Å². The van der Waals surface area contributed by atoms with Crippen molar-refractivity contribution in [1.82, 2.24) is 0 Å². The Morgan fingerprint density at radius 3 is 0.0840 bits per heavy atom. The van der Waals surface area contributed by atoms with E-state index in [0.717, 1.165) is 0 Å². The Balaban J connectivity index is 3.10. The molecule has 0 aliphatic heterocycles. The second kappa shape index (κ2) is 176. The van der Waals surface area contributed by atoms with Gasteiger partial charge in [-0.3, -0.25) is 0 Å². The maximum absolute atomic E-state index is 4.11. The van der Waals surface area contributed by atoms with Crippen molar-refractivity contribution in [2.24, 2.45) is 0 Å². The third-order valence-corrected chi connectivity index (χ3v) is 288. The highest BCUT2D eigenvalue weighted by molar-refractivity contribution is 9.71. The molecule has 0 nitrogen and oxygen atoms in total. The van der Waals surface area contributed by atoms with Gasteiger partial charge in [-0.15, -0.1) is 0 Å². The van der Waals surface area contributed by atoms with Crippen molar-refractivity contribution in [3.05, 3.63) is 0 Å². The van der Waals surface area contributed by atoms with Gasteiger partial charge in [-0.05, 0) is 157 Å². The van der Waals surface area contributed by atoms with Crippen molar-refractivity contribution in [3.8, 4) is 0 Å². The molecule has 0 spiro atoms. The SMILES string of the molecule is SSSSSSSSSSSSSSSSSSSSSSSSSSSSSSSSSSSSSSSSSSSSSSSSSSSSSSSSSSSSSSSSSSSSSSSSSSSSSSSSSSSSSSSSSSSSSSSSSSSSSSSSSSSSSSSSSSSSSSSSSSSSSSSSSSS. The Labute approximate surface area is 1250 Å². The molecule has 0 fully saturated rings. The molecular formula is H2S131. The summed E-state index contributed by atoms with van der Waals surface area (Å²) in [4.78, 5) is 0. The summed E-state index contributed by atoms with van der Waals surface area (Å²) in [5, 5.41) is 0. The van der Waals surface area contributed by atoms with Crippen LogP contribution in [-0.4, -0.2) is 0 Å². The van der Waals surface area contributed by atoms with Crippen LogP contribution < -0.4 is 0 Å². The van der Waals surface area contributed by atoms with E-state index in [1.54, 1.807) is 98.3 Å². The van der Waals surface area contributed by atoms with Crippen molar-refractivity contribution >= 4 is 1290 Å². The van der Waals surface area contributed by atoms with Crippen molar-refractivity contribution in [1.29, 1.82) is 0 Å². The van der Waals surface area contributed by atoms with Crippen LogP contribution in [0.15, 0.2) is 0 Å². The fourth-order valence-electron chi connectivity index (χ4n) is 1.44. The molecule has 0 radical (unpaired) electrons. The standard InChI is InChI=1S/H2S131/c1-3-5-7-9-11-13-15-17-19-21-23-25-27-29-31-33-35-37-39-41-43-45-47-49-51-53-55-57-59-61-63-65-67-69-71-73-75-77-79-81-83-85-87-89-91-93-95-97-99-101-103-105-107-109-111-113-115-117-119-121-123-125-127-129-131-130-128-126-124-122-120-118-116-114-112-110-108-106-104-102-100-98-96-94-92-90-88-86-84-82-80-78-76-74-72-70-68-66-64-62-60-58-56-54-52-50-48-46-44-42-40-38-36-34-32-30-28-26-24-22-20-18-16-14-12-10-8-6-4-2/h1-2H. The van der Waals surface area contributed by atoms with Crippen LogP contribution in [0.2, 0.25) is 0 Å². The van der Waals surface area contributed by atoms with E-state index in [1.165, 1.54) is 19.7 Å². The Hall–Kier alpha value is 45.9. The minimum absolute atomic E-state index is 1.49. The monoisotopic (exact) mass is 4190 g/mol. The topological polar surface area (TPSA) is 0 Å². The Morgan fingerprint density at radius 1 is 0.0382 bits per heavy atom. The largest absolute Gasteiger partial charge is 0.0988 e. The van der Waals surface area contributed by atoms with Gasteiger partial charge in [0.05, 0.1) is 0 Å². The third-order valence-electron chi connectivity index (χ3n) is 3.56. The number of rotatable bonds is 128. The highest BCUT2D eigenvalue weighted by Crippen LogP contribution is 2.77. The molecule has 0 saturated heterocycles. The summed E-state index contributed by atoms with van der Waals surface area (Å²) in [5.41, 5.74) is 0. The second-order valence-electron chi connectivity index (χ2n) is 8.79. The first-order chi connectivity index (χ1) is 65.4. The van der Waals surface area contributed by atoms with E-state index in [9.17, 15) is 0 Å². The van der Waals surface area contributed by atoms with Crippen LogP contribution in [0, 0.1) is 0 Å². The molecule has 131 heteroatoms. The van der Waals surface area contributed by atoms with Gasteiger partial charge in [0.15, 0.2) is 0 Å². The average molecular weight is 4200 g/mol. The fraction of sp³-hybridized carbons (Fsp3) is 0. The molecule has 788 valence electrons. The van der Waals surface area contributed by atoms with Gasteiger partial charge < -0.3 is 0 Å². The van der Waals surface area contributed by atoms with Crippen LogP contribution in [0.4, 0.5) is 0 Å². The molecule has 0 heterocycles. The molecule has 0 unspecified atom stereocenters. The van der Waals surface area contributed by atoms with Gasteiger partial charge in [0.2, 0.25) is 0 Å². The minimum Gasteiger partial charge on any atom is -0.0988 e. The van der Waals surface area contributed by atoms with Crippen molar-refractivity contribution < 1.29 is 0 Å². The molecule has 131 heavy (non-hydrogen) atoms. The first-order valence-corrected chi connectivity index (χ1v) is 195. The molecule has 0 aromatic carbocycles. The minimum atomic E-state index is 1.49. The van der Waals surface area contributed by atoms with E-state index in [4.69, 9.17) is 0 Å². The van der Waals surface area contributed by atoms with Crippen molar-refractivity contribution in [3.63, 3.8) is 0 Å². The highest BCUT2D eigenvalue weighted by Gasteiger charge is 2.12. The lowest BCUT2D eigenvalue weighted by Crippen LogP contribution is -1.35. The molecule has 0 aliphatic carbocycles. The maximum Gasteiger partial charge on any atom is 0 e. The van der Waals surface area contributed by atoms with Gasteiger partial charge in [-0.2, -0.15) is 0 Å². The normalized spacial score (nSPS) is 11.9. The molecule has 0 rings (SSSR count). The third kappa shape index (κ3) is 176. The van der Waals surface area contributed by atoms with E-state index in [-0.39, 0.29) is 0 Å². The predicted molar refractivity (Wildman–Crippen MR) is 997 cm³/mol. The lowest BCUT2D eigenvalue weighted by Gasteiger charge is -2.00. The average Bonchev–Trinajstić information content (AvgIpc) is 1.22. The van der Waals surface area contributed by atoms with Gasteiger partial charge in [0, 0.05) is 1110 Å². The van der Waals surface area contributed by atoms with Crippen molar-refractivity contribution in [2.75, 3.05) is 0 Å². The van der Waals surface area contributed by atoms with Crippen LogP contribution in [0.3, 0.4) is 0 Å². The molecule has 0 bridgehead atoms. The molecule has 0 saturated carbocycles. The zero-order valence-corrected chi connectivity index (χ0v) is 161. The maximum atomic E-state index is 4.11. The predicted octanol–water partition coefficient (Wildman–Crippen LogP) is 84.4. The summed E-state index contributed by atoms with van der Waals surface area (Å²) >= 11 is 8.21. The van der Waals surface area contributed by atoms with E-state index in [1.807, 2.05) is 1150 Å². The number of hydrogen-bond acceptors (Lipinski definition) is 131. The summed E-state index contributed by atoms with van der Waals surface area (Å²) in [6.45, 7) is 0. The number of hydrogen-bond donors (Lipinski definition) is 2. The van der Waals surface area contributed by atoms with E-state index in [0.29, 0.717) is 0 Å². The quantitative estimate of drug-likeness (QED) is 0.0337. The first kappa shape index (κ1) is 177. The zero-order chi connectivity index (χ0) is 93.2. The van der Waals surface area contributed by atoms with Crippen LogP contribution in [0.5, 0.6) is 0 Å². The number of thiol groups is 2. The highest BCUT2D eigenvalue weighted by atomic mass is 34.2. The lowest BCUT2D eigenvalue weighted by atomic mass is 30.1. The van der Waals surface area contributed by atoms with Crippen LogP contribution in [0.25, 0.3) is 0 Å². The van der Waals surface area contributed by atoms with E-state index < -0.39 is 0 Å². The van der Waals surface area contributed by atoms with Crippen LogP contribution in [0.1, 0.15) is 0 Å². The van der Waals surface area contributed by atoms with E-state index in [2.05, 4.69) is 23.3 Å². The zero-order valence-electron chi connectivity index (χ0n) is 53.6. The van der Waals surface area contributed by atoms with Gasteiger partial charge in [0.25, 0.3) is 0 Å². The summed E-state index contributed by atoms with van der Waals surface area (Å²) in [6, 6.07) is 0. The molecule has 0 amide bonds. The molecule has 0 aliphatic rings. The van der Waals surface area contributed by atoms with Crippen LogP contribution >= 0.6 is 1290 Å². The van der Waals surface area contributed by atoms with Gasteiger partial charge >= 0.3 is 0 Å².